The number of ketones is 2. The maximum Gasteiger partial charge on any atom is 0.262 e. The second-order valence-electron chi connectivity index (χ2n) is 8.61. The van der Waals surface area contributed by atoms with Crippen LogP contribution < -0.4 is 10.9 Å². The number of amides is 1. The molecule has 1 atom stereocenters. The van der Waals surface area contributed by atoms with E-state index in [0.29, 0.717) is 27.2 Å². The van der Waals surface area contributed by atoms with E-state index in [0.717, 1.165) is 18.2 Å². The van der Waals surface area contributed by atoms with E-state index in [1.165, 1.54) is 0 Å². The molecule has 0 saturated heterocycles. The molecule has 0 saturated carbocycles. The van der Waals surface area contributed by atoms with Crippen molar-refractivity contribution in [3.05, 3.63) is 99.3 Å². The molecule has 1 heterocycles. The molecule has 4 aromatic rings. The maximum absolute atomic E-state index is 13.2. The number of thioether (sulfide) groups is 1. The Bertz CT molecular complexity index is 1610. The number of carbonyl (C=O) groups is 3. The fraction of sp³-hybridized carbons (Fsp3) is 0.179. The van der Waals surface area contributed by atoms with Crippen LogP contribution in [0.1, 0.15) is 58.2 Å². The minimum absolute atomic E-state index is 0.0242. The summed E-state index contributed by atoms with van der Waals surface area (Å²) in [6, 6.07) is 18.6. The summed E-state index contributed by atoms with van der Waals surface area (Å²) in [7, 11) is 0. The van der Waals surface area contributed by atoms with E-state index < -0.39 is 0 Å². The van der Waals surface area contributed by atoms with Gasteiger partial charge in [0.05, 0.1) is 27.9 Å². The Morgan fingerprint density at radius 3 is 2.33 bits per heavy atom. The van der Waals surface area contributed by atoms with Gasteiger partial charge in [0.15, 0.2) is 16.7 Å². The zero-order valence-corrected chi connectivity index (χ0v) is 20.6. The molecular formula is C28H23N3O4S. The van der Waals surface area contributed by atoms with E-state index in [1.807, 2.05) is 19.9 Å². The van der Waals surface area contributed by atoms with Gasteiger partial charge in [0, 0.05) is 22.7 Å². The predicted octanol–water partition coefficient (Wildman–Crippen LogP) is 4.87. The Morgan fingerprint density at radius 1 is 0.917 bits per heavy atom. The number of hydrogen-bond donors (Lipinski definition) is 1. The molecule has 1 N–H and O–H groups in total. The molecule has 0 fully saturated rings. The first kappa shape index (κ1) is 23.7. The smallest absolute Gasteiger partial charge is 0.262 e. The number of fused-ring (bicyclic) bond motifs is 3. The summed E-state index contributed by atoms with van der Waals surface area (Å²) in [6.07, 6.45) is 0.730. The third-order valence-corrected chi connectivity index (χ3v) is 7.32. The molecule has 1 amide bonds. The topological polar surface area (TPSA) is 98.1 Å². The van der Waals surface area contributed by atoms with E-state index in [1.54, 1.807) is 65.2 Å². The number of benzene rings is 3. The number of hydrogen-bond acceptors (Lipinski definition) is 6. The molecule has 7 nitrogen and oxygen atoms in total. The van der Waals surface area contributed by atoms with Crippen molar-refractivity contribution in [1.29, 1.82) is 0 Å². The quantitative estimate of drug-likeness (QED) is 0.265. The van der Waals surface area contributed by atoms with Crippen LogP contribution in [0.3, 0.4) is 0 Å². The summed E-state index contributed by atoms with van der Waals surface area (Å²) in [5, 5.41) is 3.78. The number of nitrogens with zero attached hydrogens (tertiary/aromatic N) is 2. The van der Waals surface area contributed by atoms with E-state index in [4.69, 9.17) is 0 Å². The molecule has 3 aromatic carbocycles. The fourth-order valence-electron chi connectivity index (χ4n) is 4.36. The lowest BCUT2D eigenvalue weighted by atomic mass is 9.83. The Kier molecular flexibility index (Phi) is 6.28. The lowest BCUT2D eigenvalue weighted by Crippen LogP contribution is -2.27. The van der Waals surface area contributed by atoms with Crippen molar-refractivity contribution in [1.82, 2.24) is 9.55 Å². The van der Waals surface area contributed by atoms with Crippen molar-refractivity contribution in [2.24, 2.45) is 0 Å². The lowest BCUT2D eigenvalue weighted by Gasteiger charge is -2.20. The van der Waals surface area contributed by atoms with E-state index in [-0.39, 0.29) is 51.6 Å². The molecule has 180 valence electrons. The first-order valence-corrected chi connectivity index (χ1v) is 12.6. The van der Waals surface area contributed by atoms with Gasteiger partial charge >= 0.3 is 0 Å². The van der Waals surface area contributed by atoms with Crippen molar-refractivity contribution in [3.63, 3.8) is 0 Å². The number of aromatic nitrogens is 2. The summed E-state index contributed by atoms with van der Waals surface area (Å²) in [5.41, 5.74) is 1.87. The first-order chi connectivity index (χ1) is 17.4. The van der Waals surface area contributed by atoms with Gasteiger partial charge in [-0.25, -0.2) is 4.98 Å². The summed E-state index contributed by atoms with van der Waals surface area (Å²) in [5.74, 6) is -0.941. The Balaban J connectivity index is 1.42. The number of anilines is 1. The van der Waals surface area contributed by atoms with Crippen LogP contribution >= 0.6 is 11.8 Å². The monoisotopic (exact) mass is 497 g/mol. The molecule has 0 bridgehead atoms. The predicted molar refractivity (Wildman–Crippen MR) is 140 cm³/mol. The third-order valence-electron chi connectivity index (χ3n) is 6.37. The number of carbonyl (C=O) groups excluding carboxylic acids is 3. The largest absolute Gasteiger partial charge is 0.325 e. The Morgan fingerprint density at radius 2 is 1.58 bits per heavy atom. The zero-order chi connectivity index (χ0) is 25.4. The second-order valence-corrected chi connectivity index (χ2v) is 9.56. The van der Waals surface area contributed by atoms with E-state index in [9.17, 15) is 19.2 Å². The first-order valence-electron chi connectivity index (χ1n) is 11.7. The lowest BCUT2D eigenvalue weighted by molar-refractivity contribution is -0.113. The molecule has 1 aromatic heterocycles. The summed E-state index contributed by atoms with van der Waals surface area (Å²) >= 11 is 1.16. The fourth-order valence-corrected chi connectivity index (χ4v) is 5.26. The average molecular weight is 498 g/mol. The molecule has 0 aliphatic heterocycles. The van der Waals surface area contributed by atoms with Gasteiger partial charge in [-0.15, -0.1) is 0 Å². The van der Waals surface area contributed by atoms with Crippen LogP contribution in [0, 0.1) is 0 Å². The minimum Gasteiger partial charge on any atom is -0.325 e. The number of para-hydroxylation sites is 1. The van der Waals surface area contributed by atoms with Crippen LogP contribution in [0.4, 0.5) is 5.69 Å². The highest BCUT2D eigenvalue weighted by Gasteiger charge is 2.31. The molecule has 1 aliphatic rings. The van der Waals surface area contributed by atoms with Gasteiger partial charge in [-0.1, -0.05) is 67.2 Å². The van der Waals surface area contributed by atoms with Gasteiger partial charge in [-0.05, 0) is 31.5 Å². The highest BCUT2D eigenvalue weighted by atomic mass is 32.2. The molecule has 1 aliphatic carbocycles. The molecule has 8 heteroatoms. The van der Waals surface area contributed by atoms with Gasteiger partial charge in [-0.2, -0.15) is 0 Å². The standard InChI is InChI=1S/C28H23N3O4S/c1-3-16(2)31-27(35)19-11-6-7-13-21(19)30-28(31)36-15-23(32)29-22-14-8-12-20-24(22)26(34)18-10-5-4-9-17(18)25(20)33/h4-14,16H,3,15H2,1-2H3,(H,29,32)/t16-/m0/s1. The number of nitrogens with one attached hydrogen (secondary N) is 1. The Hall–Kier alpha value is -4.04. The van der Waals surface area contributed by atoms with Crippen molar-refractivity contribution in [2.45, 2.75) is 31.5 Å². The van der Waals surface area contributed by atoms with Crippen molar-refractivity contribution in [3.8, 4) is 0 Å². The third kappa shape index (κ3) is 4.03. The van der Waals surface area contributed by atoms with Crippen LogP contribution in [-0.4, -0.2) is 32.8 Å². The summed E-state index contributed by atoms with van der Waals surface area (Å²) < 4.78 is 1.63. The van der Waals surface area contributed by atoms with Crippen molar-refractivity contribution < 1.29 is 14.4 Å². The van der Waals surface area contributed by atoms with Crippen LogP contribution in [0.15, 0.2) is 76.7 Å². The van der Waals surface area contributed by atoms with Crippen molar-refractivity contribution >= 4 is 45.8 Å². The molecule has 36 heavy (non-hydrogen) atoms. The van der Waals surface area contributed by atoms with Gasteiger partial charge in [0.25, 0.3) is 5.56 Å². The van der Waals surface area contributed by atoms with Gasteiger partial charge in [-0.3, -0.25) is 23.7 Å². The molecule has 0 spiro atoms. The maximum atomic E-state index is 13.2. The van der Waals surface area contributed by atoms with Crippen LogP contribution in [0.2, 0.25) is 0 Å². The molecule has 0 radical (unpaired) electrons. The van der Waals surface area contributed by atoms with Crippen LogP contribution in [-0.2, 0) is 4.79 Å². The zero-order valence-electron chi connectivity index (χ0n) is 19.8. The summed E-state index contributed by atoms with van der Waals surface area (Å²) in [6.45, 7) is 3.93. The highest BCUT2D eigenvalue weighted by molar-refractivity contribution is 7.99. The number of rotatable bonds is 6. The molecule has 5 rings (SSSR count). The van der Waals surface area contributed by atoms with E-state index >= 15 is 0 Å². The molecule has 0 unspecified atom stereocenters. The molecular weight excluding hydrogens is 474 g/mol. The summed E-state index contributed by atoms with van der Waals surface area (Å²) in [4.78, 5) is 56.9. The van der Waals surface area contributed by atoms with Crippen LogP contribution in [0.5, 0.6) is 0 Å². The van der Waals surface area contributed by atoms with Crippen LogP contribution in [0.25, 0.3) is 10.9 Å². The van der Waals surface area contributed by atoms with Gasteiger partial charge < -0.3 is 5.32 Å². The van der Waals surface area contributed by atoms with Crippen molar-refractivity contribution in [2.75, 3.05) is 11.1 Å². The van der Waals surface area contributed by atoms with Gasteiger partial charge in [0.2, 0.25) is 5.91 Å². The SMILES string of the molecule is CC[C@H](C)n1c(SCC(=O)Nc2cccc3c2C(=O)c2ccccc2C3=O)nc2ccccc2c1=O. The average Bonchev–Trinajstić information content (AvgIpc) is 2.90. The normalized spacial score (nSPS) is 13.3. The van der Waals surface area contributed by atoms with E-state index in [2.05, 4.69) is 10.3 Å². The van der Waals surface area contributed by atoms with Gasteiger partial charge in [0.1, 0.15) is 0 Å². The second kappa shape index (κ2) is 9.54. The Labute approximate surface area is 211 Å². The minimum atomic E-state index is -0.370. The highest BCUT2D eigenvalue weighted by Crippen LogP contribution is 2.32.